The van der Waals surface area contributed by atoms with Gasteiger partial charge in [-0.15, -0.1) is 0 Å². The molecule has 0 bridgehead atoms. The molecular formula is C15H16ClF3N2O2. The first-order valence-corrected chi connectivity index (χ1v) is 7.70. The van der Waals surface area contributed by atoms with Crippen LogP contribution in [-0.2, 0) is 9.53 Å². The Balaban J connectivity index is 1.68. The minimum Gasteiger partial charge on any atom is -0.370 e. The van der Waals surface area contributed by atoms with Crippen molar-refractivity contribution in [3.8, 4) is 0 Å². The lowest BCUT2D eigenvalue weighted by Gasteiger charge is -2.34. The molecule has 2 saturated heterocycles. The molecule has 1 aromatic carbocycles. The first-order chi connectivity index (χ1) is 10.9. The third-order valence-corrected chi connectivity index (χ3v) is 4.39. The highest BCUT2D eigenvalue weighted by Gasteiger charge is 2.44. The van der Waals surface area contributed by atoms with Crippen molar-refractivity contribution in [2.75, 3.05) is 26.2 Å². The average molecular weight is 349 g/mol. The maximum absolute atomic E-state index is 13.2. The van der Waals surface area contributed by atoms with E-state index in [4.69, 9.17) is 16.3 Å². The van der Waals surface area contributed by atoms with Crippen molar-refractivity contribution in [1.82, 2.24) is 10.2 Å². The van der Waals surface area contributed by atoms with Crippen LogP contribution in [0.1, 0.15) is 18.1 Å². The Morgan fingerprint density at radius 3 is 2.87 bits per heavy atom. The molecule has 2 aliphatic rings. The number of nitrogens with zero attached hydrogens (tertiary/aromatic N) is 1. The normalized spacial score (nSPS) is 27.2. The van der Waals surface area contributed by atoms with Gasteiger partial charge in [-0.1, -0.05) is 17.7 Å². The Labute approximate surface area is 136 Å². The van der Waals surface area contributed by atoms with Crippen LogP contribution in [0.3, 0.4) is 0 Å². The van der Waals surface area contributed by atoms with Gasteiger partial charge in [-0.25, -0.2) is 13.2 Å². The average Bonchev–Trinajstić information content (AvgIpc) is 2.89. The molecule has 2 fully saturated rings. The fourth-order valence-corrected chi connectivity index (χ4v) is 3.06. The molecule has 126 valence electrons. The summed E-state index contributed by atoms with van der Waals surface area (Å²) in [6.45, 7) is 0.373. The largest absolute Gasteiger partial charge is 0.370 e. The number of halogens is 4. The van der Waals surface area contributed by atoms with Crippen LogP contribution in [0.15, 0.2) is 18.2 Å². The number of carbonyl (C=O) groups excluding carboxylic acids is 1. The van der Waals surface area contributed by atoms with Gasteiger partial charge in [-0.05, 0) is 17.7 Å². The summed E-state index contributed by atoms with van der Waals surface area (Å²) < 4.78 is 45.3. The number of nitrogens with one attached hydrogen (secondary N) is 1. The summed E-state index contributed by atoms with van der Waals surface area (Å²) in [5.74, 6) is -3.74. The van der Waals surface area contributed by atoms with Crippen molar-refractivity contribution < 1.29 is 22.7 Å². The van der Waals surface area contributed by atoms with E-state index in [9.17, 15) is 18.0 Å². The van der Waals surface area contributed by atoms with Crippen molar-refractivity contribution in [1.29, 1.82) is 0 Å². The maximum Gasteiger partial charge on any atom is 0.262 e. The van der Waals surface area contributed by atoms with Gasteiger partial charge in [0.1, 0.15) is 11.9 Å². The van der Waals surface area contributed by atoms with Crippen LogP contribution in [0.4, 0.5) is 13.2 Å². The van der Waals surface area contributed by atoms with E-state index in [1.54, 1.807) is 6.07 Å². The highest BCUT2D eigenvalue weighted by atomic mass is 35.5. The number of ether oxygens (including phenoxy) is 1. The molecule has 0 aromatic heterocycles. The molecular weight excluding hydrogens is 333 g/mol. The minimum absolute atomic E-state index is 0.0216. The minimum atomic E-state index is -2.85. The SMILES string of the molecule is O=C(C1CC(F)(F)CN1)N1CCOC(c2ccc(F)c(Cl)c2)C1. The van der Waals surface area contributed by atoms with Gasteiger partial charge in [0.05, 0.1) is 30.8 Å². The predicted molar refractivity (Wildman–Crippen MR) is 78.0 cm³/mol. The van der Waals surface area contributed by atoms with Crippen LogP contribution in [0.2, 0.25) is 5.02 Å². The Morgan fingerprint density at radius 2 is 2.22 bits per heavy atom. The predicted octanol–water partition coefficient (Wildman–Crippen LogP) is 2.38. The highest BCUT2D eigenvalue weighted by molar-refractivity contribution is 6.30. The number of rotatable bonds is 2. The summed E-state index contributed by atoms with van der Waals surface area (Å²) in [4.78, 5) is 13.9. The summed E-state index contributed by atoms with van der Waals surface area (Å²) in [7, 11) is 0. The van der Waals surface area contributed by atoms with Gasteiger partial charge in [0.15, 0.2) is 0 Å². The molecule has 1 amide bonds. The van der Waals surface area contributed by atoms with E-state index in [1.165, 1.54) is 17.0 Å². The zero-order valence-corrected chi connectivity index (χ0v) is 13.0. The quantitative estimate of drug-likeness (QED) is 0.892. The molecule has 23 heavy (non-hydrogen) atoms. The second-order valence-corrected chi connectivity index (χ2v) is 6.22. The summed E-state index contributed by atoms with van der Waals surface area (Å²) >= 11 is 5.76. The van der Waals surface area contributed by atoms with Crippen LogP contribution in [0.5, 0.6) is 0 Å². The molecule has 8 heteroatoms. The van der Waals surface area contributed by atoms with Crippen LogP contribution >= 0.6 is 11.6 Å². The zero-order valence-electron chi connectivity index (χ0n) is 12.2. The molecule has 0 saturated carbocycles. The van der Waals surface area contributed by atoms with E-state index in [-0.39, 0.29) is 24.1 Å². The fourth-order valence-electron chi connectivity index (χ4n) is 2.87. The summed E-state index contributed by atoms with van der Waals surface area (Å²) in [5.41, 5.74) is 0.651. The third-order valence-electron chi connectivity index (χ3n) is 4.10. The number of hydrogen-bond acceptors (Lipinski definition) is 3. The second kappa shape index (κ2) is 6.30. The molecule has 0 aliphatic carbocycles. The van der Waals surface area contributed by atoms with Crippen molar-refractivity contribution in [3.05, 3.63) is 34.6 Å². The number of carbonyl (C=O) groups is 1. The van der Waals surface area contributed by atoms with E-state index in [0.717, 1.165) is 0 Å². The molecule has 2 aliphatic heterocycles. The molecule has 4 nitrogen and oxygen atoms in total. The van der Waals surface area contributed by atoms with E-state index in [1.807, 2.05) is 0 Å². The van der Waals surface area contributed by atoms with Crippen molar-refractivity contribution in [2.45, 2.75) is 24.5 Å². The molecule has 2 heterocycles. The van der Waals surface area contributed by atoms with Gasteiger partial charge in [0.2, 0.25) is 5.91 Å². The third kappa shape index (κ3) is 3.62. The van der Waals surface area contributed by atoms with Crippen LogP contribution in [0.25, 0.3) is 0 Å². The lowest BCUT2D eigenvalue weighted by atomic mass is 10.1. The van der Waals surface area contributed by atoms with Gasteiger partial charge in [-0.3, -0.25) is 10.1 Å². The highest BCUT2D eigenvalue weighted by Crippen LogP contribution is 2.29. The maximum atomic E-state index is 13.2. The molecule has 1 N–H and O–H groups in total. The Bertz CT molecular complexity index is 614. The van der Waals surface area contributed by atoms with E-state index < -0.39 is 36.9 Å². The topological polar surface area (TPSA) is 41.6 Å². The van der Waals surface area contributed by atoms with Gasteiger partial charge >= 0.3 is 0 Å². The lowest BCUT2D eigenvalue weighted by Crippen LogP contribution is -2.49. The van der Waals surface area contributed by atoms with Crippen LogP contribution in [0, 0.1) is 5.82 Å². The van der Waals surface area contributed by atoms with E-state index in [0.29, 0.717) is 12.1 Å². The first-order valence-electron chi connectivity index (χ1n) is 7.32. The molecule has 2 atom stereocenters. The van der Waals surface area contributed by atoms with E-state index in [2.05, 4.69) is 5.32 Å². The number of amides is 1. The van der Waals surface area contributed by atoms with Gasteiger partial charge in [0, 0.05) is 13.0 Å². The van der Waals surface area contributed by atoms with Gasteiger partial charge < -0.3 is 9.64 Å². The van der Waals surface area contributed by atoms with Gasteiger partial charge in [0.25, 0.3) is 5.92 Å². The number of benzene rings is 1. The Morgan fingerprint density at radius 1 is 1.43 bits per heavy atom. The molecule has 3 rings (SSSR count). The first kappa shape index (κ1) is 16.5. The Hall–Kier alpha value is -1.31. The van der Waals surface area contributed by atoms with Crippen molar-refractivity contribution >= 4 is 17.5 Å². The Kier molecular flexibility index (Phi) is 4.53. The van der Waals surface area contributed by atoms with Crippen LogP contribution < -0.4 is 5.32 Å². The van der Waals surface area contributed by atoms with Crippen molar-refractivity contribution in [3.63, 3.8) is 0 Å². The summed E-state index contributed by atoms with van der Waals surface area (Å²) in [6, 6.07) is 3.36. The number of morpholine rings is 1. The summed E-state index contributed by atoms with van der Waals surface area (Å²) in [6.07, 6.45) is -0.941. The number of alkyl halides is 2. The van der Waals surface area contributed by atoms with Gasteiger partial charge in [-0.2, -0.15) is 0 Å². The smallest absolute Gasteiger partial charge is 0.262 e. The monoisotopic (exact) mass is 348 g/mol. The molecule has 2 unspecified atom stereocenters. The second-order valence-electron chi connectivity index (χ2n) is 5.81. The molecule has 1 aromatic rings. The molecule has 0 spiro atoms. The standard InChI is InChI=1S/C15H16ClF3N2O2/c16-10-5-9(1-2-11(10)17)13-7-21(3-4-23-13)14(22)12-6-15(18,19)8-20-12/h1-2,5,12-13,20H,3-4,6-8H2. The summed E-state index contributed by atoms with van der Waals surface area (Å²) in [5, 5.41) is 2.54. The van der Waals surface area contributed by atoms with Crippen LogP contribution in [-0.4, -0.2) is 49.0 Å². The lowest BCUT2D eigenvalue weighted by molar-refractivity contribution is -0.141. The fraction of sp³-hybridized carbons (Fsp3) is 0.533. The number of hydrogen-bond donors (Lipinski definition) is 1. The molecule has 0 radical (unpaired) electrons. The van der Waals surface area contributed by atoms with E-state index >= 15 is 0 Å². The zero-order chi connectivity index (χ0) is 16.6. The van der Waals surface area contributed by atoms with Crippen molar-refractivity contribution in [2.24, 2.45) is 0 Å².